The van der Waals surface area contributed by atoms with Gasteiger partial charge in [-0.2, -0.15) is 0 Å². The van der Waals surface area contributed by atoms with Crippen molar-refractivity contribution in [2.24, 2.45) is 0 Å². The third-order valence-corrected chi connectivity index (χ3v) is 12.4. The molecule has 5 rings (SSSR count). The Morgan fingerprint density at radius 1 is 0.632 bits per heavy atom. The lowest BCUT2D eigenvalue weighted by Crippen LogP contribution is -2.41. The average molecular weight is 1020 g/mol. The van der Waals surface area contributed by atoms with Crippen molar-refractivity contribution in [3.8, 4) is 0 Å². The second kappa shape index (κ2) is 28.2. The van der Waals surface area contributed by atoms with E-state index in [4.69, 9.17) is 28.3 Å². The van der Waals surface area contributed by atoms with E-state index in [1.807, 2.05) is 79.6 Å². The summed E-state index contributed by atoms with van der Waals surface area (Å²) < 4.78 is 45.9. The first-order chi connectivity index (χ1) is 32.1. The molecule has 2 aromatic rings. The van der Waals surface area contributed by atoms with Gasteiger partial charge in [0.25, 0.3) is 0 Å². The number of ether oxygens (including phenoxy) is 6. The maximum atomic E-state index is 12.5. The molecular weight excluding hydrogens is 939 g/mol. The molecule has 3 saturated heterocycles. The molecule has 0 saturated carbocycles. The molecule has 0 aromatic carbocycles. The summed E-state index contributed by atoms with van der Waals surface area (Å²) in [4.78, 5) is 62.8. The van der Waals surface area contributed by atoms with Crippen molar-refractivity contribution in [1.82, 2.24) is 19.9 Å². The highest BCUT2D eigenvalue weighted by atomic mass is 79.9. The summed E-state index contributed by atoms with van der Waals surface area (Å²) in [5, 5.41) is 0. The van der Waals surface area contributed by atoms with E-state index in [0.29, 0.717) is 66.4 Å². The van der Waals surface area contributed by atoms with Gasteiger partial charge in [0.15, 0.2) is 23.1 Å². The molecule has 16 nitrogen and oxygen atoms in total. The number of ketones is 2. The molecule has 2 aromatic heterocycles. The van der Waals surface area contributed by atoms with Crippen LogP contribution in [0.4, 0.5) is 0 Å². The zero-order valence-corrected chi connectivity index (χ0v) is 44.1. The lowest BCUT2D eigenvalue weighted by atomic mass is 9.88. The molecule has 5 heterocycles. The fourth-order valence-corrected chi connectivity index (χ4v) is 7.93. The number of hydrogen-bond donors (Lipinski definition) is 0. The standard InChI is InChI=1S/C22H32N2O5.C18H31BO6.C10H13BrN2O/c1-5-6-7-9-17(25)21-16(14-23-15-24-21)12-13-19-18(28-22(2,3)29-19)10-8-11-20(26)27-4;1-16(2)17(3,4)25-19(24-16)12-11-14-13(22-18(5,6)23-14)9-8-10-15(20)21-7;1-2-3-4-5-9(14)10-8(11)6-12-7-13-10/h12-15,18-19H,5-11H2,1-4H3;11-14H,8-10H2,1-7H3;6-7H,2-5H2,1H3/b13-12+;12-11+;/t18-,19+;13-,14+;/m00./s1. The average Bonchev–Trinajstić information content (AvgIpc) is 3.84. The second-order valence-corrected chi connectivity index (χ2v) is 19.7. The lowest BCUT2D eigenvalue weighted by molar-refractivity contribution is -0.145. The van der Waals surface area contributed by atoms with Crippen molar-refractivity contribution < 1.29 is 56.9 Å². The SMILES string of the molecule is CCCCCC(=O)c1ncncc1/C=C/[C@H]1OC(C)(C)O[C@H]1CCCC(=O)OC.CCCCCC(=O)c1ncncc1Br.COC(=O)CCC[C@@H]1OC(C)(C)O[C@@H]1/C=C/B1OC(C)(C)C(C)(C)O1. The Hall–Kier alpha value is -3.78. The molecule has 18 heteroatoms. The van der Waals surface area contributed by atoms with E-state index in [0.717, 1.165) is 44.9 Å². The van der Waals surface area contributed by atoms with Crippen LogP contribution >= 0.6 is 15.9 Å². The van der Waals surface area contributed by atoms with Crippen LogP contribution in [0.5, 0.6) is 0 Å². The molecule has 0 spiro atoms. The summed E-state index contributed by atoms with van der Waals surface area (Å²) in [6.07, 6.45) is 21.5. The molecular formula is C50H76BBrN4O12. The minimum atomic E-state index is -0.711. The largest absolute Gasteiger partial charge is 0.486 e. The van der Waals surface area contributed by atoms with Crippen LogP contribution in [0.2, 0.25) is 0 Å². The fraction of sp³-hybridized carbons (Fsp3) is 0.680. The summed E-state index contributed by atoms with van der Waals surface area (Å²) >= 11 is 3.26. The van der Waals surface area contributed by atoms with Crippen LogP contribution in [0, 0.1) is 0 Å². The van der Waals surface area contributed by atoms with Gasteiger partial charge in [-0.15, -0.1) is 0 Å². The topological polar surface area (TPSA) is 194 Å². The smallest absolute Gasteiger partial charge is 0.469 e. The molecule has 0 amide bonds. The van der Waals surface area contributed by atoms with Crippen LogP contribution in [-0.4, -0.2) is 112 Å². The molecule has 4 atom stereocenters. The zero-order chi connectivity index (χ0) is 50.5. The summed E-state index contributed by atoms with van der Waals surface area (Å²) in [5.74, 6) is 0.203. The number of nitrogens with zero attached hydrogens (tertiary/aromatic N) is 4. The Kier molecular flexibility index (Phi) is 24.2. The fourth-order valence-electron chi connectivity index (χ4n) is 7.49. The van der Waals surface area contributed by atoms with Crippen molar-refractivity contribution in [3.63, 3.8) is 0 Å². The van der Waals surface area contributed by atoms with Crippen molar-refractivity contribution in [1.29, 1.82) is 0 Å². The van der Waals surface area contributed by atoms with Crippen LogP contribution in [0.25, 0.3) is 6.08 Å². The number of carbonyl (C=O) groups is 4. The van der Waals surface area contributed by atoms with Gasteiger partial charge >= 0.3 is 19.1 Å². The Labute approximate surface area is 413 Å². The van der Waals surface area contributed by atoms with E-state index >= 15 is 0 Å². The molecule has 3 aliphatic heterocycles. The molecule has 0 unspecified atom stereocenters. The van der Waals surface area contributed by atoms with Crippen LogP contribution in [0.3, 0.4) is 0 Å². The third kappa shape index (κ3) is 19.6. The van der Waals surface area contributed by atoms with E-state index in [1.54, 1.807) is 12.4 Å². The van der Waals surface area contributed by atoms with Gasteiger partial charge in [-0.1, -0.05) is 63.7 Å². The lowest BCUT2D eigenvalue weighted by Gasteiger charge is -2.32. The third-order valence-electron chi connectivity index (χ3n) is 11.8. The molecule has 68 heavy (non-hydrogen) atoms. The minimum absolute atomic E-state index is 0.0269. The summed E-state index contributed by atoms with van der Waals surface area (Å²) in [6, 6.07) is 0. The predicted octanol–water partition coefficient (Wildman–Crippen LogP) is 10.2. The van der Waals surface area contributed by atoms with Crippen LogP contribution in [0.15, 0.2) is 47.6 Å². The molecule has 3 fully saturated rings. The molecule has 0 aliphatic carbocycles. The number of methoxy groups -OCH3 is 2. The van der Waals surface area contributed by atoms with E-state index in [-0.39, 0.29) is 59.1 Å². The number of Topliss-reactive ketones (excluding diaryl/α,β-unsaturated/α-hetero) is 2. The maximum Gasteiger partial charge on any atom is 0.486 e. The van der Waals surface area contributed by atoms with Gasteiger partial charge in [0, 0.05) is 43.6 Å². The maximum absolute atomic E-state index is 12.5. The van der Waals surface area contributed by atoms with Gasteiger partial charge in [0.1, 0.15) is 36.3 Å². The van der Waals surface area contributed by atoms with Gasteiger partial charge in [0.05, 0.1) is 42.1 Å². The first-order valence-corrected chi connectivity index (χ1v) is 24.8. The summed E-state index contributed by atoms with van der Waals surface area (Å²) in [5.41, 5.74) is 0.877. The van der Waals surface area contributed by atoms with Gasteiger partial charge < -0.3 is 37.7 Å². The monoisotopic (exact) mass is 1010 g/mol. The van der Waals surface area contributed by atoms with E-state index < -0.39 is 18.7 Å². The quantitative estimate of drug-likeness (QED) is 0.0467. The summed E-state index contributed by atoms with van der Waals surface area (Å²) in [7, 11) is 2.37. The van der Waals surface area contributed by atoms with E-state index in [9.17, 15) is 19.2 Å². The van der Waals surface area contributed by atoms with Crippen LogP contribution < -0.4 is 0 Å². The number of rotatable bonds is 22. The number of hydrogen-bond acceptors (Lipinski definition) is 16. The first-order valence-electron chi connectivity index (χ1n) is 24.0. The molecule has 0 radical (unpaired) electrons. The minimum Gasteiger partial charge on any atom is -0.469 e. The first kappa shape index (κ1) is 58.5. The highest BCUT2D eigenvalue weighted by molar-refractivity contribution is 9.10. The summed E-state index contributed by atoms with van der Waals surface area (Å²) in [6.45, 7) is 19.8. The highest BCUT2D eigenvalue weighted by Gasteiger charge is 2.50. The molecule has 0 N–H and O–H groups in total. The number of halogens is 1. The number of carbonyl (C=O) groups excluding carboxylic acids is 4. The Balaban J connectivity index is 0.000000286. The number of esters is 2. The number of aromatic nitrogens is 4. The van der Waals surface area contributed by atoms with Crippen molar-refractivity contribution in [2.45, 2.75) is 206 Å². The van der Waals surface area contributed by atoms with Crippen molar-refractivity contribution in [2.75, 3.05) is 14.2 Å². The Bertz CT molecular complexity index is 1960. The number of unbranched alkanes of at least 4 members (excludes halogenated alkanes) is 4. The van der Waals surface area contributed by atoms with Crippen LogP contribution in [-0.2, 0) is 47.3 Å². The molecule has 3 aliphatic rings. The Morgan fingerprint density at radius 3 is 1.56 bits per heavy atom. The van der Waals surface area contributed by atoms with Gasteiger partial charge in [-0.3, -0.25) is 19.2 Å². The van der Waals surface area contributed by atoms with E-state index in [1.165, 1.54) is 26.9 Å². The zero-order valence-electron chi connectivity index (χ0n) is 42.5. The molecule has 0 bridgehead atoms. The Morgan fingerprint density at radius 2 is 1.09 bits per heavy atom. The van der Waals surface area contributed by atoms with E-state index in [2.05, 4.69) is 59.2 Å². The molecule has 378 valence electrons. The van der Waals surface area contributed by atoms with Gasteiger partial charge in [-0.25, -0.2) is 19.9 Å². The highest BCUT2D eigenvalue weighted by Crippen LogP contribution is 2.38. The predicted molar refractivity (Wildman–Crippen MR) is 262 cm³/mol. The van der Waals surface area contributed by atoms with Gasteiger partial charge in [-0.05, 0) is 110 Å². The normalized spacial score (nSPS) is 22.0. The van der Waals surface area contributed by atoms with Crippen LogP contribution in [0.1, 0.15) is 186 Å². The van der Waals surface area contributed by atoms with Gasteiger partial charge in [0.2, 0.25) is 0 Å². The second-order valence-electron chi connectivity index (χ2n) is 18.9. The van der Waals surface area contributed by atoms with Crippen molar-refractivity contribution >= 4 is 52.6 Å². The van der Waals surface area contributed by atoms with Crippen molar-refractivity contribution in [3.05, 3.63) is 64.6 Å².